The van der Waals surface area contributed by atoms with Crippen LogP contribution in [0.2, 0.25) is 0 Å². The Bertz CT molecular complexity index is 883. The van der Waals surface area contributed by atoms with Crippen LogP contribution in [0.25, 0.3) is 22.6 Å². The fraction of sp³-hybridized carbons (Fsp3) is 0.100. The van der Waals surface area contributed by atoms with E-state index in [2.05, 4.69) is 0 Å². The van der Waals surface area contributed by atoms with Gasteiger partial charge in [0, 0.05) is 22.3 Å². The van der Waals surface area contributed by atoms with Crippen molar-refractivity contribution in [2.75, 3.05) is 0 Å². The molecule has 3 aromatic rings. The molecule has 2 aromatic carbocycles. The molecule has 1 aromatic heterocycles. The van der Waals surface area contributed by atoms with Crippen molar-refractivity contribution >= 4 is 36.5 Å². The molecular weight excluding hydrogens is 383 g/mol. The van der Waals surface area contributed by atoms with E-state index in [-0.39, 0.29) is 36.5 Å². The second-order valence-corrected chi connectivity index (χ2v) is 5.99. The molecule has 0 spiro atoms. The molecule has 0 unspecified atom stereocenters. The number of hydrogen-bond acceptors (Lipinski definition) is 3. The van der Waals surface area contributed by atoms with Gasteiger partial charge in [-0.3, -0.25) is 10.8 Å². The first-order chi connectivity index (χ1) is 11.9. The summed E-state index contributed by atoms with van der Waals surface area (Å²) in [5.41, 5.74) is 16.4. The van der Waals surface area contributed by atoms with Gasteiger partial charge in [0.25, 0.3) is 0 Å². The molecule has 0 aliphatic heterocycles. The molecule has 0 aliphatic rings. The van der Waals surface area contributed by atoms with E-state index in [9.17, 15) is 0 Å². The van der Waals surface area contributed by atoms with Gasteiger partial charge < -0.3 is 15.9 Å². The van der Waals surface area contributed by atoms with Gasteiger partial charge in [0.05, 0.1) is 0 Å². The number of benzene rings is 2. The van der Waals surface area contributed by atoms with Crippen LogP contribution in [0.15, 0.2) is 52.9 Å². The molecule has 6 N–H and O–H groups in total. The fourth-order valence-corrected chi connectivity index (χ4v) is 2.75. The van der Waals surface area contributed by atoms with Crippen LogP contribution in [0, 0.1) is 24.7 Å². The Hall–Kier alpha value is -2.76. The van der Waals surface area contributed by atoms with Crippen molar-refractivity contribution in [3.63, 3.8) is 0 Å². The molecular formula is C20H22Cl2N4O. The zero-order valence-electron chi connectivity index (χ0n) is 15.0. The van der Waals surface area contributed by atoms with Crippen LogP contribution < -0.4 is 11.5 Å². The average Bonchev–Trinajstić information content (AvgIpc) is 2.90. The van der Waals surface area contributed by atoms with E-state index in [0.717, 1.165) is 33.8 Å². The van der Waals surface area contributed by atoms with E-state index in [4.69, 9.17) is 26.7 Å². The lowest BCUT2D eigenvalue weighted by atomic mass is 10.0. The largest absolute Gasteiger partial charge is 0.456 e. The predicted molar refractivity (Wildman–Crippen MR) is 116 cm³/mol. The van der Waals surface area contributed by atoms with Gasteiger partial charge >= 0.3 is 0 Å². The lowest BCUT2D eigenvalue weighted by Crippen LogP contribution is -2.10. The summed E-state index contributed by atoms with van der Waals surface area (Å²) in [6.45, 7) is 4.06. The number of hydrogen-bond donors (Lipinski definition) is 4. The third-order valence-electron chi connectivity index (χ3n) is 4.36. The van der Waals surface area contributed by atoms with Crippen molar-refractivity contribution < 1.29 is 4.42 Å². The lowest BCUT2D eigenvalue weighted by Gasteiger charge is -2.03. The monoisotopic (exact) mass is 404 g/mol. The van der Waals surface area contributed by atoms with Gasteiger partial charge in [0.1, 0.15) is 23.2 Å². The maximum Gasteiger partial charge on any atom is 0.137 e. The maximum atomic E-state index is 7.48. The van der Waals surface area contributed by atoms with E-state index >= 15 is 0 Å². The van der Waals surface area contributed by atoms with Crippen molar-refractivity contribution in [1.82, 2.24) is 0 Å². The van der Waals surface area contributed by atoms with E-state index < -0.39 is 0 Å². The molecule has 3 rings (SSSR count). The molecule has 0 atom stereocenters. The number of halogens is 2. The van der Waals surface area contributed by atoms with Crippen molar-refractivity contribution in [1.29, 1.82) is 10.8 Å². The van der Waals surface area contributed by atoms with Gasteiger partial charge in [0.15, 0.2) is 0 Å². The quantitative estimate of drug-likeness (QED) is 0.375. The standard InChI is InChI=1S/C20H20N4O.2ClH/c1-11-12(2)18(14-5-9-16(10-6-14)20(23)24)25-17(11)13-3-7-15(8-4-13)19(21)22;;/h3-10H,1-2H3,(H3,21,22)(H3,23,24);2*1H. The Morgan fingerprint density at radius 2 is 0.963 bits per heavy atom. The second kappa shape index (κ2) is 8.75. The van der Waals surface area contributed by atoms with E-state index in [1.165, 1.54) is 0 Å². The fourth-order valence-electron chi connectivity index (χ4n) is 2.75. The molecule has 0 radical (unpaired) electrons. The highest BCUT2D eigenvalue weighted by molar-refractivity contribution is 5.96. The van der Waals surface area contributed by atoms with Gasteiger partial charge in [0.2, 0.25) is 0 Å². The third-order valence-corrected chi connectivity index (χ3v) is 4.36. The first-order valence-electron chi connectivity index (χ1n) is 7.88. The van der Waals surface area contributed by atoms with Gasteiger partial charge in [-0.05, 0) is 25.0 Å². The van der Waals surface area contributed by atoms with Crippen LogP contribution in [-0.2, 0) is 0 Å². The highest BCUT2D eigenvalue weighted by atomic mass is 35.5. The molecule has 27 heavy (non-hydrogen) atoms. The zero-order chi connectivity index (χ0) is 18.1. The Balaban J connectivity index is 0.00000182. The van der Waals surface area contributed by atoms with E-state index in [0.29, 0.717) is 11.1 Å². The Morgan fingerprint density at radius 3 is 1.22 bits per heavy atom. The topological polar surface area (TPSA) is 113 Å². The molecule has 0 saturated heterocycles. The second-order valence-electron chi connectivity index (χ2n) is 5.99. The van der Waals surface area contributed by atoms with E-state index in [1.54, 1.807) is 0 Å². The molecule has 0 aliphatic carbocycles. The van der Waals surface area contributed by atoms with Gasteiger partial charge in [-0.2, -0.15) is 0 Å². The van der Waals surface area contributed by atoms with Crippen molar-refractivity contribution in [3.8, 4) is 22.6 Å². The van der Waals surface area contributed by atoms with Crippen molar-refractivity contribution in [3.05, 3.63) is 70.8 Å². The number of amidine groups is 2. The van der Waals surface area contributed by atoms with Gasteiger partial charge in [-0.1, -0.05) is 48.5 Å². The first-order valence-corrected chi connectivity index (χ1v) is 7.88. The van der Waals surface area contributed by atoms with Crippen LogP contribution >= 0.6 is 24.8 Å². The Labute approximate surface area is 170 Å². The minimum atomic E-state index is 0. The van der Waals surface area contributed by atoms with Crippen LogP contribution in [0.5, 0.6) is 0 Å². The van der Waals surface area contributed by atoms with Crippen molar-refractivity contribution in [2.45, 2.75) is 13.8 Å². The van der Waals surface area contributed by atoms with Crippen LogP contribution in [0.3, 0.4) is 0 Å². The third kappa shape index (κ3) is 4.32. The summed E-state index contributed by atoms with van der Waals surface area (Å²) in [5.74, 6) is 1.70. The van der Waals surface area contributed by atoms with E-state index in [1.807, 2.05) is 62.4 Å². The minimum absolute atomic E-state index is 0. The number of nitrogen functional groups attached to an aromatic ring is 2. The number of nitrogens with one attached hydrogen (secondary N) is 2. The zero-order valence-corrected chi connectivity index (χ0v) is 16.6. The summed E-state index contributed by atoms with van der Waals surface area (Å²) in [4.78, 5) is 0. The molecule has 0 fully saturated rings. The van der Waals surface area contributed by atoms with Gasteiger partial charge in [-0.25, -0.2) is 0 Å². The molecule has 0 saturated carbocycles. The molecule has 1 heterocycles. The molecule has 142 valence electrons. The van der Waals surface area contributed by atoms with Crippen LogP contribution in [0.4, 0.5) is 0 Å². The summed E-state index contributed by atoms with van der Waals surface area (Å²) < 4.78 is 6.15. The number of nitrogens with two attached hydrogens (primary N) is 2. The molecule has 0 amide bonds. The SMILES string of the molecule is Cc1c(-c2ccc(C(=N)N)cc2)oc(-c2ccc(C(=N)N)cc2)c1C.Cl.Cl. The molecule has 0 bridgehead atoms. The summed E-state index contributed by atoms with van der Waals surface area (Å²) in [7, 11) is 0. The Morgan fingerprint density at radius 1 is 0.667 bits per heavy atom. The Kier molecular flexibility index (Phi) is 7.22. The first kappa shape index (κ1) is 22.3. The van der Waals surface area contributed by atoms with Crippen LogP contribution in [-0.4, -0.2) is 11.7 Å². The lowest BCUT2D eigenvalue weighted by molar-refractivity contribution is 0.594. The highest BCUT2D eigenvalue weighted by Crippen LogP contribution is 2.36. The predicted octanol–water partition coefficient (Wildman–Crippen LogP) is 4.64. The maximum absolute atomic E-state index is 7.48. The number of rotatable bonds is 4. The summed E-state index contributed by atoms with van der Waals surface area (Å²) in [5, 5.41) is 15.0. The van der Waals surface area contributed by atoms with Gasteiger partial charge in [-0.15, -0.1) is 24.8 Å². The smallest absolute Gasteiger partial charge is 0.137 e. The molecule has 7 heteroatoms. The highest BCUT2D eigenvalue weighted by Gasteiger charge is 2.17. The molecule has 5 nitrogen and oxygen atoms in total. The summed E-state index contributed by atoms with van der Waals surface area (Å²) >= 11 is 0. The summed E-state index contributed by atoms with van der Waals surface area (Å²) in [6.07, 6.45) is 0. The normalized spacial score (nSPS) is 9.85. The van der Waals surface area contributed by atoms with Crippen LogP contribution in [0.1, 0.15) is 22.3 Å². The average molecular weight is 405 g/mol. The number of furan rings is 1. The summed E-state index contributed by atoms with van der Waals surface area (Å²) in [6, 6.07) is 14.9. The van der Waals surface area contributed by atoms with Crippen molar-refractivity contribution in [2.24, 2.45) is 11.5 Å². The minimum Gasteiger partial charge on any atom is -0.456 e.